The molecule has 2 aromatic rings. The van der Waals surface area contributed by atoms with Gasteiger partial charge in [-0.05, 0) is 28.2 Å². The number of halogens is 1. The van der Waals surface area contributed by atoms with Crippen molar-refractivity contribution in [3.63, 3.8) is 0 Å². The summed E-state index contributed by atoms with van der Waals surface area (Å²) in [5.41, 5.74) is 1.69. The van der Waals surface area contributed by atoms with E-state index in [1.807, 2.05) is 52.9 Å². The molecule has 0 aliphatic heterocycles. The van der Waals surface area contributed by atoms with Crippen LogP contribution < -0.4 is 4.74 Å². The molecule has 17 heavy (non-hydrogen) atoms. The van der Waals surface area contributed by atoms with Gasteiger partial charge in [-0.1, -0.05) is 30.3 Å². The fraction of sp³-hybridized carbons (Fsp3) is 0.167. The van der Waals surface area contributed by atoms with Gasteiger partial charge in [0.2, 0.25) is 5.88 Å². The second-order valence-electron chi connectivity index (χ2n) is 3.38. The van der Waals surface area contributed by atoms with Gasteiger partial charge in [-0.15, -0.1) is 0 Å². The van der Waals surface area contributed by atoms with Crippen LogP contribution in [-0.4, -0.2) is 15.1 Å². The number of aliphatic hydroxyl groups is 1. The zero-order valence-electron chi connectivity index (χ0n) is 9.01. The quantitative estimate of drug-likeness (QED) is 0.683. The van der Waals surface area contributed by atoms with E-state index in [1.54, 1.807) is 0 Å². The van der Waals surface area contributed by atoms with Crippen molar-refractivity contribution in [3.05, 3.63) is 51.5 Å². The molecule has 0 aliphatic carbocycles. The summed E-state index contributed by atoms with van der Waals surface area (Å²) in [6.45, 7) is 0.310. The average molecular weight is 342 g/mol. The van der Waals surface area contributed by atoms with Crippen molar-refractivity contribution in [2.75, 3.05) is 0 Å². The van der Waals surface area contributed by atoms with Crippen LogP contribution in [-0.2, 0) is 13.2 Å². The Morgan fingerprint density at radius 1 is 1.18 bits per heavy atom. The topological polar surface area (TPSA) is 55.2 Å². The maximum Gasteiger partial charge on any atom is 0.223 e. The molecule has 4 nitrogen and oxygen atoms in total. The molecule has 1 N–H and O–H groups in total. The van der Waals surface area contributed by atoms with Crippen LogP contribution >= 0.6 is 22.6 Å². The van der Waals surface area contributed by atoms with Gasteiger partial charge in [0.25, 0.3) is 0 Å². The van der Waals surface area contributed by atoms with E-state index >= 15 is 0 Å². The van der Waals surface area contributed by atoms with E-state index < -0.39 is 0 Å². The van der Waals surface area contributed by atoms with Crippen molar-refractivity contribution in [3.8, 4) is 5.88 Å². The van der Waals surface area contributed by atoms with E-state index in [-0.39, 0.29) is 6.61 Å². The molecule has 1 aromatic carbocycles. The highest BCUT2D eigenvalue weighted by Gasteiger charge is 2.09. The van der Waals surface area contributed by atoms with Crippen LogP contribution in [0.4, 0.5) is 0 Å². The van der Waals surface area contributed by atoms with Gasteiger partial charge in [-0.3, -0.25) is 0 Å². The average Bonchev–Trinajstić information content (AvgIpc) is 2.37. The number of hydrogen-bond donors (Lipinski definition) is 1. The summed E-state index contributed by atoms with van der Waals surface area (Å²) in [5.74, 6) is 0.441. The first kappa shape index (κ1) is 12.3. The summed E-state index contributed by atoms with van der Waals surface area (Å²) in [5, 5.41) is 9.23. The number of aliphatic hydroxyl groups excluding tert-OH is 1. The van der Waals surface area contributed by atoms with E-state index in [2.05, 4.69) is 9.97 Å². The molecule has 88 valence electrons. The molecule has 1 aromatic heterocycles. The van der Waals surface area contributed by atoms with Crippen molar-refractivity contribution >= 4 is 22.6 Å². The first-order valence-electron chi connectivity index (χ1n) is 5.08. The van der Waals surface area contributed by atoms with Crippen LogP contribution in [0.2, 0.25) is 0 Å². The summed E-state index contributed by atoms with van der Waals surface area (Å²) in [6, 6.07) is 9.82. The van der Waals surface area contributed by atoms with Gasteiger partial charge >= 0.3 is 0 Å². The Balaban J connectivity index is 2.12. The van der Waals surface area contributed by atoms with Crippen LogP contribution in [0.3, 0.4) is 0 Å². The smallest absolute Gasteiger partial charge is 0.223 e. The third kappa shape index (κ3) is 3.13. The molecule has 0 spiro atoms. The summed E-state index contributed by atoms with van der Waals surface area (Å²) < 4.78 is 6.29. The highest BCUT2D eigenvalue weighted by molar-refractivity contribution is 14.1. The van der Waals surface area contributed by atoms with E-state index in [1.165, 1.54) is 6.33 Å². The highest BCUT2D eigenvalue weighted by atomic mass is 127. The number of aromatic nitrogens is 2. The molecule has 1 heterocycles. The minimum atomic E-state index is -0.122. The van der Waals surface area contributed by atoms with E-state index in [9.17, 15) is 5.11 Å². The van der Waals surface area contributed by atoms with Gasteiger partial charge in [0.15, 0.2) is 0 Å². The lowest BCUT2D eigenvalue weighted by Gasteiger charge is -2.09. The predicted octanol–water partition coefficient (Wildman–Crippen LogP) is 2.15. The second-order valence-corrected chi connectivity index (χ2v) is 4.40. The number of benzene rings is 1. The molecular weight excluding hydrogens is 331 g/mol. The zero-order valence-corrected chi connectivity index (χ0v) is 11.2. The van der Waals surface area contributed by atoms with Crippen LogP contribution in [0.25, 0.3) is 0 Å². The number of ether oxygens (including phenoxy) is 1. The molecule has 0 radical (unpaired) electrons. The lowest BCUT2D eigenvalue weighted by Crippen LogP contribution is -2.03. The van der Waals surface area contributed by atoms with Crippen LogP contribution in [0, 0.1) is 3.70 Å². The Bertz CT molecular complexity index is 491. The fourth-order valence-electron chi connectivity index (χ4n) is 1.36. The van der Waals surface area contributed by atoms with Crippen LogP contribution in [0.1, 0.15) is 11.1 Å². The molecule has 0 amide bonds. The van der Waals surface area contributed by atoms with E-state index in [0.717, 1.165) is 5.56 Å². The third-order valence-corrected chi connectivity index (χ3v) is 3.16. The van der Waals surface area contributed by atoms with Crippen molar-refractivity contribution < 1.29 is 9.84 Å². The van der Waals surface area contributed by atoms with E-state index in [4.69, 9.17) is 4.74 Å². The Morgan fingerprint density at radius 3 is 2.65 bits per heavy atom. The first-order valence-corrected chi connectivity index (χ1v) is 6.16. The largest absolute Gasteiger partial charge is 0.472 e. The van der Waals surface area contributed by atoms with Gasteiger partial charge in [-0.25, -0.2) is 9.97 Å². The lowest BCUT2D eigenvalue weighted by atomic mass is 10.2. The molecule has 0 unspecified atom stereocenters. The molecule has 0 saturated carbocycles. The van der Waals surface area contributed by atoms with Crippen molar-refractivity contribution in [1.29, 1.82) is 0 Å². The molecule has 0 aliphatic rings. The molecule has 0 fully saturated rings. The first-order chi connectivity index (χ1) is 8.31. The third-order valence-electron chi connectivity index (χ3n) is 2.23. The highest BCUT2D eigenvalue weighted by Crippen LogP contribution is 2.20. The molecule has 2 rings (SSSR count). The van der Waals surface area contributed by atoms with Gasteiger partial charge in [-0.2, -0.15) is 0 Å². The van der Waals surface area contributed by atoms with Gasteiger partial charge in [0.05, 0.1) is 12.2 Å². The molecule has 0 bridgehead atoms. The Kier molecular flexibility index (Phi) is 4.27. The SMILES string of the molecule is OCc1c(I)ncnc1OCc1ccccc1. The number of hydrogen-bond acceptors (Lipinski definition) is 4. The minimum absolute atomic E-state index is 0.122. The van der Waals surface area contributed by atoms with Gasteiger partial charge < -0.3 is 9.84 Å². The molecule has 0 atom stereocenters. The Hall–Kier alpha value is -1.21. The molecule has 5 heteroatoms. The summed E-state index contributed by atoms with van der Waals surface area (Å²) >= 11 is 2.05. The molecular formula is C12H11IN2O2. The van der Waals surface area contributed by atoms with Crippen LogP contribution in [0.5, 0.6) is 5.88 Å². The van der Waals surface area contributed by atoms with Crippen molar-refractivity contribution in [2.24, 2.45) is 0 Å². The van der Waals surface area contributed by atoms with Crippen molar-refractivity contribution in [1.82, 2.24) is 9.97 Å². The summed E-state index contributed by atoms with van der Waals surface area (Å²) in [7, 11) is 0. The Morgan fingerprint density at radius 2 is 1.94 bits per heavy atom. The minimum Gasteiger partial charge on any atom is -0.472 e. The lowest BCUT2D eigenvalue weighted by molar-refractivity contribution is 0.250. The summed E-state index contributed by atoms with van der Waals surface area (Å²) in [6.07, 6.45) is 1.43. The van der Waals surface area contributed by atoms with Crippen molar-refractivity contribution in [2.45, 2.75) is 13.2 Å². The standard InChI is InChI=1S/C12H11IN2O2/c13-11-10(6-16)12(15-8-14-11)17-7-9-4-2-1-3-5-9/h1-5,8,16H,6-7H2. The monoisotopic (exact) mass is 342 g/mol. The van der Waals surface area contributed by atoms with Gasteiger partial charge in [0.1, 0.15) is 16.6 Å². The second kappa shape index (κ2) is 5.92. The Labute approximate surface area is 113 Å². The fourth-order valence-corrected chi connectivity index (χ4v) is 1.89. The maximum atomic E-state index is 9.23. The number of rotatable bonds is 4. The number of nitrogens with zero attached hydrogens (tertiary/aromatic N) is 2. The van der Waals surface area contributed by atoms with E-state index in [0.29, 0.717) is 21.8 Å². The van der Waals surface area contributed by atoms with Gasteiger partial charge in [0, 0.05) is 0 Å². The molecule has 0 saturated heterocycles. The normalized spacial score (nSPS) is 10.2. The predicted molar refractivity (Wildman–Crippen MR) is 71.4 cm³/mol. The zero-order chi connectivity index (χ0) is 12.1. The maximum absolute atomic E-state index is 9.23. The summed E-state index contributed by atoms with van der Waals surface area (Å²) in [4.78, 5) is 8.03. The van der Waals surface area contributed by atoms with Crippen LogP contribution in [0.15, 0.2) is 36.7 Å².